The number of benzene rings is 1. The van der Waals surface area contributed by atoms with Gasteiger partial charge in [0.25, 0.3) is 0 Å². The second kappa shape index (κ2) is 11.2. The summed E-state index contributed by atoms with van der Waals surface area (Å²) in [4.78, 5) is 6.46. The highest BCUT2D eigenvalue weighted by Gasteiger charge is 2.38. The number of sulfonamides is 1. The van der Waals surface area contributed by atoms with Gasteiger partial charge >= 0.3 is 0 Å². The van der Waals surface area contributed by atoms with Crippen LogP contribution in [0.15, 0.2) is 53.7 Å². The van der Waals surface area contributed by atoms with Gasteiger partial charge in [0.2, 0.25) is 10.0 Å². The summed E-state index contributed by atoms with van der Waals surface area (Å²) in [5.74, 6) is 0.322. The summed E-state index contributed by atoms with van der Waals surface area (Å²) < 4.78 is 35.3. The van der Waals surface area contributed by atoms with Crippen molar-refractivity contribution in [2.45, 2.75) is 63.1 Å². The highest BCUT2D eigenvalue weighted by atomic mass is 32.2. The van der Waals surface area contributed by atoms with Crippen molar-refractivity contribution in [2.24, 2.45) is 5.92 Å². The van der Waals surface area contributed by atoms with E-state index in [9.17, 15) is 13.5 Å². The van der Waals surface area contributed by atoms with Crippen molar-refractivity contribution in [3.63, 3.8) is 0 Å². The number of rotatable bonds is 7. The van der Waals surface area contributed by atoms with Crippen molar-refractivity contribution >= 4 is 15.6 Å². The lowest BCUT2D eigenvalue weighted by atomic mass is 9.93. The topological polar surface area (TPSA) is 83.0 Å². The zero-order chi connectivity index (χ0) is 25.0. The molecule has 2 aliphatic rings. The van der Waals surface area contributed by atoms with E-state index in [-0.39, 0.29) is 30.1 Å². The lowest BCUT2D eigenvalue weighted by Gasteiger charge is -2.37. The van der Waals surface area contributed by atoms with Crippen molar-refractivity contribution in [3.8, 4) is 5.75 Å². The molecule has 190 valence electrons. The lowest BCUT2D eigenvalue weighted by molar-refractivity contribution is 0.0733. The van der Waals surface area contributed by atoms with Crippen LogP contribution in [-0.2, 0) is 16.6 Å². The number of pyridine rings is 1. The molecule has 3 atom stereocenters. The summed E-state index contributed by atoms with van der Waals surface area (Å²) in [6.45, 7) is 5.19. The third-order valence-electron chi connectivity index (χ3n) is 7.02. The molecule has 1 aromatic heterocycles. The average molecular weight is 500 g/mol. The maximum absolute atomic E-state index is 13.7. The standard InChI is InChI=1S/C27H37N3O4S/c1-20-16-30(21(2)19-31)35(32,33)27-10-9-24(23-7-5-4-6-8-23)15-25(27)34-26(20)18-29(3)17-22-11-13-28-14-12-22/h7,9-15,20-21,26,31H,4-6,8,16-19H2,1-3H3/t20-,21+,26-/m0/s1. The molecule has 35 heavy (non-hydrogen) atoms. The Kier molecular flexibility index (Phi) is 8.27. The van der Waals surface area contributed by atoms with Crippen LogP contribution in [-0.4, -0.2) is 66.6 Å². The largest absolute Gasteiger partial charge is 0.487 e. The molecule has 0 bridgehead atoms. The summed E-state index contributed by atoms with van der Waals surface area (Å²) in [5, 5.41) is 9.85. The summed E-state index contributed by atoms with van der Waals surface area (Å²) in [5.41, 5.74) is 3.44. The highest BCUT2D eigenvalue weighted by Crippen LogP contribution is 2.37. The summed E-state index contributed by atoms with van der Waals surface area (Å²) in [6, 6.07) is 8.95. The third kappa shape index (κ3) is 5.94. The van der Waals surface area contributed by atoms with Crippen LogP contribution in [0.25, 0.3) is 5.57 Å². The molecule has 4 rings (SSSR count). The molecule has 0 amide bonds. The van der Waals surface area contributed by atoms with Gasteiger partial charge in [-0.25, -0.2) is 8.42 Å². The first-order valence-electron chi connectivity index (χ1n) is 12.5. The number of allylic oxidation sites excluding steroid dienone is 2. The first kappa shape index (κ1) is 25.8. The van der Waals surface area contributed by atoms with Crippen molar-refractivity contribution in [2.75, 3.05) is 26.7 Å². The van der Waals surface area contributed by atoms with Crippen molar-refractivity contribution in [1.82, 2.24) is 14.2 Å². The number of fused-ring (bicyclic) bond motifs is 1. The van der Waals surface area contributed by atoms with Gasteiger partial charge in [0.1, 0.15) is 16.7 Å². The molecule has 1 aromatic carbocycles. The maximum Gasteiger partial charge on any atom is 0.247 e. The molecule has 0 saturated heterocycles. The molecule has 0 fully saturated rings. The molecule has 0 radical (unpaired) electrons. The van der Waals surface area contributed by atoms with Gasteiger partial charge in [0.15, 0.2) is 0 Å². The van der Waals surface area contributed by atoms with E-state index in [1.54, 1.807) is 25.4 Å². The Bertz CT molecular complexity index is 1140. The predicted molar refractivity (Wildman–Crippen MR) is 137 cm³/mol. The van der Waals surface area contributed by atoms with Crippen LogP contribution in [0.5, 0.6) is 5.75 Å². The quantitative estimate of drug-likeness (QED) is 0.621. The first-order valence-corrected chi connectivity index (χ1v) is 13.9. The summed E-state index contributed by atoms with van der Waals surface area (Å²) in [7, 11) is -1.78. The number of likely N-dealkylation sites (N-methyl/N-ethyl adjacent to an activating group) is 1. The number of ether oxygens (including phenoxy) is 1. The fourth-order valence-corrected chi connectivity index (χ4v) is 6.74. The van der Waals surface area contributed by atoms with Crippen molar-refractivity contribution in [1.29, 1.82) is 0 Å². The van der Waals surface area contributed by atoms with Gasteiger partial charge in [0, 0.05) is 44.0 Å². The molecule has 0 unspecified atom stereocenters. The Morgan fingerprint density at radius 1 is 1.23 bits per heavy atom. The number of aliphatic hydroxyl groups excluding tert-OH is 1. The fraction of sp³-hybridized carbons (Fsp3) is 0.519. The molecular weight excluding hydrogens is 462 g/mol. The summed E-state index contributed by atoms with van der Waals surface area (Å²) in [6.07, 6.45) is 9.98. The average Bonchev–Trinajstić information content (AvgIpc) is 2.86. The highest BCUT2D eigenvalue weighted by molar-refractivity contribution is 7.89. The van der Waals surface area contributed by atoms with Crippen molar-refractivity contribution in [3.05, 3.63) is 59.9 Å². The van der Waals surface area contributed by atoms with Crippen LogP contribution in [0, 0.1) is 5.92 Å². The third-order valence-corrected chi connectivity index (χ3v) is 9.04. The molecule has 0 spiro atoms. The second-order valence-electron chi connectivity index (χ2n) is 9.93. The minimum Gasteiger partial charge on any atom is -0.487 e. The molecule has 0 saturated carbocycles. The molecule has 1 aliphatic heterocycles. The van der Waals surface area contributed by atoms with Crippen LogP contribution in [0.4, 0.5) is 0 Å². The molecule has 2 aromatic rings. The van der Waals surface area contributed by atoms with Crippen LogP contribution in [0.1, 0.15) is 50.7 Å². The van der Waals surface area contributed by atoms with Gasteiger partial charge in [-0.05, 0) is 80.6 Å². The van der Waals surface area contributed by atoms with Gasteiger partial charge in [0.05, 0.1) is 6.61 Å². The van der Waals surface area contributed by atoms with Gasteiger partial charge in [-0.3, -0.25) is 9.88 Å². The second-order valence-corrected chi connectivity index (χ2v) is 11.8. The minimum absolute atomic E-state index is 0.0793. The molecule has 7 nitrogen and oxygen atoms in total. The van der Waals surface area contributed by atoms with Crippen molar-refractivity contribution < 1.29 is 18.3 Å². The predicted octanol–water partition coefficient (Wildman–Crippen LogP) is 3.94. The van der Waals surface area contributed by atoms with Gasteiger partial charge in [-0.1, -0.05) is 19.1 Å². The number of aromatic nitrogens is 1. The zero-order valence-corrected chi connectivity index (χ0v) is 21.7. The normalized spacial score (nSPS) is 23.5. The molecule has 1 N–H and O–H groups in total. The lowest BCUT2D eigenvalue weighted by Crippen LogP contribution is -2.49. The summed E-state index contributed by atoms with van der Waals surface area (Å²) >= 11 is 0. The van der Waals surface area contributed by atoms with Crippen LogP contribution in [0.3, 0.4) is 0 Å². The van der Waals surface area contributed by atoms with E-state index < -0.39 is 16.1 Å². The number of hydrogen-bond acceptors (Lipinski definition) is 6. The van der Waals surface area contributed by atoms with E-state index >= 15 is 0 Å². The van der Waals surface area contributed by atoms with Crippen LogP contribution < -0.4 is 4.74 Å². The molecule has 2 heterocycles. The maximum atomic E-state index is 13.7. The first-order chi connectivity index (χ1) is 16.8. The SMILES string of the molecule is C[C@H](CO)N1C[C@H](C)[C@H](CN(C)Cc2ccncc2)Oc2cc(C3=CCCCC3)ccc2S1(=O)=O. The van der Waals surface area contributed by atoms with E-state index in [1.165, 1.54) is 16.3 Å². The minimum atomic E-state index is -3.83. The Morgan fingerprint density at radius 3 is 2.69 bits per heavy atom. The monoisotopic (exact) mass is 499 g/mol. The van der Waals surface area contributed by atoms with Gasteiger partial charge in [-0.15, -0.1) is 0 Å². The van der Waals surface area contributed by atoms with Gasteiger partial charge < -0.3 is 9.84 Å². The zero-order valence-electron chi connectivity index (χ0n) is 20.9. The van der Waals surface area contributed by atoms with E-state index in [2.05, 4.69) is 16.0 Å². The van der Waals surface area contributed by atoms with Crippen LogP contribution >= 0.6 is 0 Å². The smallest absolute Gasteiger partial charge is 0.247 e. The molecule has 1 aliphatic carbocycles. The van der Waals surface area contributed by atoms with E-state index in [0.717, 1.165) is 36.9 Å². The number of hydrogen-bond donors (Lipinski definition) is 1. The number of nitrogens with zero attached hydrogens (tertiary/aromatic N) is 3. The van der Waals surface area contributed by atoms with E-state index in [1.807, 2.05) is 38.2 Å². The number of aliphatic hydroxyl groups is 1. The molecule has 8 heteroatoms. The van der Waals surface area contributed by atoms with Gasteiger partial charge in [-0.2, -0.15) is 4.31 Å². The Morgan fingerprint density at radius 2 is 2.00 bits per heavy atom. The Balaban J connectivity index is 1.69. The van der Waals surface area contributed by atoms with E-state index in [4.69, 9.17) is 4.74 Å². The van der Waals surface area contributed by atoms with Crippen LogP contribution in [0.2, 0.25) is 0 Å². The molecular formula is C27H37N3O4S. The Hall–Kier alpha value is -2.26. The van der Waals surface area contributed by atoms with E-state index in [0.29, 0.717) is 12.3 Å². The Labute approximate surface area is 209 Å². The fourth-order valence-electron chi connectivity index (χ4n) is 4.92.